The molecule has 0 radical (unpaired) electrons. The molecule has 2 rings (SSSR count). The van der Waals surface area contributed by atoms with Gasteiger partial charge in [0.05, 0.1) is 0 Å². The number of anilines is 1. The lowest BCUT2D eigenvalue weighted by atomic mass is 10.2. The third-order valence-corrected chi connectivity index (χ3v) is 4.66. The van der Waals surface area contributed by atoms with Gasteiger partial charge in [-0.2, -0.15) is 0 Å². The van der Waals surface area contributed by atoms with Crippen LogP contribution in [-0.2, 0) is 9.59 Å². The fourth-order valence-corrected chi connectivity index (χ4v) is 3.27. The molecule has 120 valence electrons. The predicted octanol–water partition coefficient (Wildman–Crippen LogP) is 3.20. The molecule has 23 heavy (non-hydrogen) atoms. The van der Waals surface area contributed by atoms with Crippen LogP contribution in [0.15, 0.2) is 46.6 Å². The van der Waals surface area contributed by atoms with Gasteiger partial charge in [-0.1, -0.05) is 41.7 Å². The fraction of sp³-hybridized carbons (Fsp3) is 0.250. The van der Waals surface area contributed by atoms with Gasteiger partial charge >= 0.3 is 0 Å². The number of amides is 1. The molecule has 1 N–H and O–H groups in total. The Morgan fingerprint density at radius 2 is 1.87 bits per heavy atom. The zero-order chi connectivity index (χ0) is 16.8. The van der Waals surface area contributed by atoms with Gasteiger partial charge in [-0.05, 0) is 38.3 Å². The van der Waals surface area contributed by atoms with E-state index in [0.29, 0.717) is 15.9 Å². The standard InChI is InChI=1S/C16H17N3O2S2/c1-10-9-13(19-16(17-10)22-3)23-14(11(2)20)15(21)18-12-7-5-4-6-8-12/h4-9,14H,1-3H3,(H,18,21)/t14-/m1/s1. The lowest BCUT2D eigenvalue weighted by molar-refractivity contribution is -0.123. The highest BCUT2D eigenvalue weighted by Gasteiger charge is 2.25. The summed E-state index contributed by atoms with van der Waals surface area (Å²) < 4.78 is 0. The van der Waals surface area contributed by atoms with Gasteiger partial charge in [-0.25, -0.2) is 9.97 Å². The number of thioether (sulfide) groups is 2. The average molecular weight is 347 g/mol. The van der Waals surface area contributed by atoms with E-state index in [2.05, 4.69) is 15.3 Å². The van der Waals surface area contributed by atoms with Crippen molar-refractivity contribution in [1.29, 1.82) is 0 Å². The molecule has 0 aliphatic rings. The van der Waals surface area contributed by atoms with Gasteiger partial charge in [0.15, 0.2) is 10.9 Å². The summed E-state index contributed by atoms with van der Waals surface area (Å²) in [4.78, 5) is 32.9. The number of ketones is 1. The molecule has 0 aliphatic carbocycles. The molecule has 7 heteroatoms. The van der Waals surface area contributed by atoms with Crippen LogP contribution in [-0.4, -0.2) is 33.2 Å². The Morgan fingerprint density at radius 3 is 2.48 bits per heavy atom. The van der Waals surface area contributed by atoms with Gasteiger partial charge in [-0.3, -0.25) is 9.59 Å². The van der Waals surface area contributed by atoms with E-state index in [1.165, 1.54) is 18.7 Å². The molecular formula is C16H17N3O2S2. The summed E-state index contributed by atoms with van der Waals surface area (Å²) >= 11 is 2.56. The van der Waals surface area contributed by atoms with E-state index in [1.54, 1.807) is 18.2 Å². The summed E-state index contributed by atoms with van der Waals surface area (Å²) in [5, 5.41) is 3.15. The molecule has 0 bridgehead atoms. The van der Waals surface area contributed by atoms with Crippen LogP contribution in [0, 0.1) is 6.92 Å². The lowest BCUT2D eigenvalue weighted by Crippen LogP contribution is -2.31. The number of hydrogen-bond donors (Lipinski definition) is 1. The second-order valence-corrected chi connectivity index (χ2v) is 6.70. The Kier molecular flexibility index (Phi) is 6.18. The largest absolute Gasteiger partial charge is 0.325 e. The van der Waals surface area contributed by atoms with E-state index in [-0.39, 0.29) is 11.7 Å². The van der Waals surface area contributed by atoms with Gasteiger partial charge in [0.2, 0.25) is 5.91 Å². The van der Waals surface area contributed by atoms with Crippen LogP contribution in [0.5, 0.6) is 0 Å². The van der Waals surface area contributed by atoms with Gasteiger partial charge in [0.25, 0.3) is 0 Å². The predicted molar refractivity (Wildman–Crippen MR) is 93.9 cm³/mol. The number of carbonyl (C=O) groups excluding carboxylic acids is 2. The number of Topliss-reactive ketones (excluding diaryl/α,β-unsaturated/α-hetero) is 1. The van der Waals surface area contributed by atoms with Crippen molar-refractivity contribution in [3.05, 3.63) is 42.1 Å². The SMILES string of the molecule is CSc1nc(C)cc(S[C@H](C(C)=O)C(=O)Nc2ccccc2)n1. The van der Waals surface area contributed by atoms with E-state index in [9.17, 15) is 9.59 Å². The van der Waals surface area contributed by atoms with Crippen molar-refractivity contribution < 1.29 is 9.59 Å². The molecule has 1 aromatic heterocycles. The summed E-state index contributed by atoms with van der Waals surface area (Å²) in [6.07, 6.45) is 1.88. The zero-order valence-electron chi connectivity index (χ0n) is 13.1. The van der Waals surface area contributed by atoms with Crippen LogP contribution in [0.25, 0.3) is 0 Å². The number of aryl methyl sites for hydroxylation is 1. The Morgan fingerprint density at radius 1 is 1.17 bits per heavy atom. The van der Waals surface area contributed by atoms with Gasteiger partial charge in [0.1, 0.15) is 10.3 Å². The summed E-state index contributed by atoms with van der Waals surface area (Å²) in [6.45, 7) is 3.27. The Balaban J connectivity index is 2.17. The Bertz CT molecular complexity index is 708. The molecule has 0 spiro atoms. The van der Waals surface area contributed by atoms with E-state index in [4.69, 9.17) is 0 Å². The zero-order valence-corrected chi connectivity index (χ0v) is 14.7. The first kappa shape index (κ1) is 17.5. The number of para-hydroxylation sites is 1. The van der Waals surface area contributed by atoms with Crippen molar-refractivity contribution in [2.45, 2.75) is 29.3 Å². The van der Waals surface area contributed by atoms with Crippen LogP contribution < -0.4 is 5.32 Å². The van der Waals surface area contributed by atoms with Crippen molar-refractivity contribution in [3.63, 3.8) is 0 Å². The Labute approximate surface area is 143 Å². The van der Waals surface area contributed by atoms with Crippen molar-refractivity contribution in [1.82, 2.24) is 9.97 Å². The molecular weight excluding hydrogens is 330 g/mol. The number of aromatic nitrogens is 2. The Hall–Kier alpha value is -1.86. The highest BCUT2D eigenvalue weighted by atomic mass is 32.2. The second kappa shape index (κ2) is 8.12. The summed E-state index contributed by atoms with van der Waals surface area (Å²) in [5.41, 5.74) is 1.46. The van der Waals surface area contributed by atoms with Crippen LogP contribution in [0.1, 0.15) is 12.6 Å². The summed E-state index contributed by atoms with van der Waals surface area (Å²) in [5.74, 6) is -0.568. The molecule has 0 aliphatic heterocycles. The topological polar surface area (TPSA) is 72.0 Å². The number of rotatable bonds is 6. The van der Waals surface area contributed by atoms with E-state index in [0.717, 1.165) is 17.5 Å². The molecule has 0 saturated carbocycles. The monoisotopic (exact) mass is 347 g/mol. The van der Waals surface area contributed by atoms with Crippen molar-refractivity contribution in [2.75, 3.05) is 11.6 Å². The van der Waals surface area contributed by atoms with Crippen LogP contribution in [0.2, 0.25) is 0 Å². The first-order valence-electron chi connectivity index (χ1n) is 6.92. The van der Waals surface area contributed by atoms with E-state index < -0.39 is 5.25 Å². The molecule has 0 fully saturated rings. The maximum atomic E-state index is 12.4. The second-order valence-electron chi connectivity index (χ2n) is 4.80. The minimum atomic E-state index is -0.848. The maximum Gasteiger partial charge on any atom is 0.245 e. The number of nitrogens with zero attached hydrogens (tertiary/aromatic N) is 2. The van der Waals surface area contributed by atoms with Gasteiger partial charge < -0.3 is 5.32 Å². The molecule has 5 nitrogen and oxygen atoms in total. The summed E-state index contributed by atoms with van der Waals surface area (Å²) in [7, 11) is 0. The number of nitrogens with one attached hydrogen (secondary N) is 1. The lowest BCUT2D eigenvalue weighted by Gasteiger charge is -2.14. The van der Waals surface area contributed by atoms with E-state index >= 15 is 0 Å². The normalized spacial score (nSPS) is 11.8. The van der Waals surface area contributed by atoms with Crippen LogP contribution >= 0.6 is 23.5 Å². The van der Waals surface area contributed by atoms with Crippen LogP contribution in [0.4, 0.5) is 5.69 Å². The third kappa shape index (κ3) is 5.07. The van der Waals surface area contributed by atoms with Gasteiger partial charge in [-0.15, -0.1) is 0 Å². The molecule has 2 aromatic rings. The molecule has 1 aromatic carbocycles. The quantitative estimate of drug-likeness (QED) is 0.374. The molecule has 0 saturated heterocycles. The highest BCUT2D eigenvalue weighted by Crippen LogP contribution is 2.25. The van der Waals surface area contributed by atoms with Crippen LogP contribution in [0.3, 0.4) is 0 Å². The summed E-state index contributed by atoms with van der Waals surface area (Å²) in [6, 6.07) is 10.8. The highest BCUT2D eigenvalue weighted by molar-refractivity contribution is 8.01. The van der Waals surface area contributed by atoms with Gasteiger partial charge in [0, 0.05) is 11.4 Å². The first-order valence-corrected chi connectivity index (χ1v) is 9.02. The smallest absolute Gasteiger partial charge is 0.245 e. The van der Waals surface area contributed by atoms with E-state index in [1.807, 2.05) is 31.4 Å². The first-order chi connectivity index (χ1) is 11.0. The fourth-order valence-electron chi connectivity index (χ4n) is 1.84. The number of benzene rings is 1. The van der Waals surface area contributed by atoms with Crippen molar-refractivity contribution in [2.24, 2.45) is 0 Å². The average Bonchev–Trinajstić information content (AvgIpc) is 2.52. The minimum Gasteiger partial charge on any atom is -0.325 e. The minimum absolute atomic E-state index is 0.217. The third-order valence-electron chi connectivity index (χ3n) is 2.88. The van der Waals surface area contributed by atoms with Crippen molar-refractivity contribution in [3.8, 4) is 0 Å². The number of carbonyl (C=O) groups is 2. The molecule has 1 amide bonds. The van der Waals surface area contributed by atoms with Crippen molar-refractivity contribution >= 4 is 40.9 Å². The molecule has 0 unspecified atom stereocenters. The maximum absolute atomic E-state index is 12.4. The molecule has 1 heterocycles. The number of hydrogen-bond acceptors (Lipinski definition) is 6. The molecule has 1 atom stereocenters.